The number of aliphatic carboxylic acids is 3. The topological polar surface area (TPSA) is 195 Å². The van der Waals surface area contributed by atoms with Crippen LogP contribution in [0.3, 0.4) is 0 Å². The van der Waals surface area contributed by atoms with Crippen molar-refractivity contribution in [1.29, 1.82) is 0 Å². The summed E-state index contributed by atoms with van der Waals surface area (Å²) in [5.41, 5.74) is -1.29. The molecule has 0 aromatic heterocycles. The van der Waals surface area contributed by atoms with E-state index in [1.807, 2.05) is 36.4 Å². The van der Waals surface area contributed by atoms with E-state index in [2.05, 4.69) is 29.6 Å². The first-order chi connectivity index (χ1) is 19.9. The van der Waals surface area contributed by atoms with Crippen LogP contribution in [0, 0.1) is 0 Å². The zero-order valence-corrected chi connectivity index (χ0v) is 23.5. The summed E-state index contributed by atoms with van der Waals surface area (Å²) in [5.74, 6) is -5.77. The fourth-order valence-electron chi connectivity index (χ4n) is 4.76. The Labute approximate surface area is 243 Å². The second kappa shape index (κ2) is 16.2. The van der Waals surface area contributed by atoms with Crippen molar-refractivity contribution in [2.45, 2.75) is 56.1 Å². The van der Waals surface area contributed by atoms with Gasteiger partial charge in [0.05, 0.1) is 45.6 Å². The van der Waals surface area contributed by atoms with Gasteiger partial charge in [-0.25, -0.2) is 4.79 Å². The first-order valence-corrected chi connectivity index (χ1v) is 13.6. The summed E-state index contributed by atoms with van der Waals surface area (Å²) < 4.78 is 5.06. The molecule has 5 N–H and O–H groups in total. The number of aryl methyl sites for hydroxylation is 1. The SMILES string of the molecule is COC(=O)C1(NC(=O)CCc2ccccc2)CC[NH+](CCc2ccccc2)CC1.O=C(O)CC(O)(CC(=O)O)C(=O)[O-]. The molecule has 1 aliphatic rings. The Morgan fingerprint density at radius 3 is 1.79 bits per heavy atom. The number of benzene rings is 2. The molecule has 1 heterocycles. The van der Waals surface area contributed by atoms with Crippen LogP contribution < -0.4 is 15.3 Å². The Morgan fingerprint density at radius 1 is 0.881 bits per heavy atom. The van der Waals surface area contributed by atoms with Gasteiger partial charge >= 0.3 is 17.9 Å². The van der Waals surface area contributed by atoms with E-state index < -0.39 is 41.9 Å². The standard InChI is InChI=1S/C24H30N2O3.C6H8O7/c1-29-23(28)24(25-22(27)13-12-20-8-4-2-5-9-20)15-18-26(19-16-24)17-14-21-10-6-3-7-11-21;7-3(8)1-6(13,5(11)12)2-4(9)10/h2-11H,12-19H2,1H3,(H,25,27);13H,1-2H2,(H,7,8)(H,9,10)(H,11,12). The first kappa shape index (κ1) is 33.9. The van der Waals surface area contributed by atoms with E-state index in [9.17, 15) is 29.1 Å². The Morgan fingerprint density at radius 2 is 1.36 bits per heavy atom. The highest BCUT2D eigenvalue weighted by Crippen LogP contribution is 2.19. The molecule has 2 aromatic rings. The summed E-state index contributed by atoms with van der Waals surface area (Å²) in [4.78, 5) is 56.9. The number of rotatable bonds is 13. The summed E-state index contributed by atoms with van der Waals surface area (Å²) in [6.07, 6.45) is 0.863. The summed E-state index contributed by atoms with van der Waals surface area (Å²) >= 11 is 0. The zero-order valence-electron chi connectivity index (χ0n) is 23.5. The number of esters is 1. The molecule has 1 saturated heterocycles. The molecule has 1 fully saturated rings. The van der Waals surface area contributed by atoms with E-state index in [1.165, 1.54) is 17.6 Å². The fraction of sp³-hybridized carbons (Fsp3) is 0.433. The third kappa shape index (κ3) is 10.9. The number of amides is 1. The average Bonchev–Trinajstić information content (AvgIpc) is 2.96. The average molecular weight is 587 g/mol. The normalized spacial score (nSPS) is 18.1. The molecule has 0 radical (unpaired) electrons. The van der Waals surface area contributed by atoms with Crippen molar-refractivity contribution in [3.63, 3.8) is 0 Å². The van der Waals surface area contributed by atoms with Crippen molar-refractivity contribution in [3.05, 3.63) is 71.8 Å². The summed E-state index contributed by atoms with van der Waals surface area (Å²) in [7, 11) is 1.40. The lowest BCUT2D eigenvalue weighted by Crippen LogP contribution is -3.14. The van der Waals surface area contributed by atoms with Gasteiger partial charge < -0.3 is 40.2 Å². The molecule has 228 valence electrons. The van der Waals surface area contributed by atoms with Crippen molar-refractivity contribution >= 4 is 29.8 Å². The molecule has 0 aliphatic carbocycles. The smallest absolute Gasteiger partial charge is 0.332 e. The van der Waals surface area contributed by atoms with Crippen LogP contribution in [0.25, 0.3) is 0 Å². The predicted molar refractivity (Wildman–Crippen MR) is 147 cm³/mol. The number of piperidine rings is 1. The number of carbonyl (C=O) groups excluding carboxylic acids is 3. The van der Waals surface area contributed by atoms with Crippen molar-refractivity contribution < 1.29 is 54.0 Å². The predicted octanol–water partition coefficient (Wildman–Crippen LogP) is -1.01. The van der Waals surface area contributed by atoms with Crippen LogP contribution in [0.5, 0.6) is 0 Å². The quantitative estimate of drug-likeness (QED) is 0.181. The van der Waals surface area contributed by atoms with Crippen LogP contribution in [0.1, 0.15) is 43.2 Å². The molecule has 2 aromatic carbocycles. The van der Waals surface area contributed by atoms with Crippen LogP contribution in [-0.2, 0) is 41.6 Å². The number of carboxylic acid groups (broad SMARTS) is 3. The number of carbonyl (C=O) groups is 5. The molecule has 0 unspecified atom stereocenters. The molecule has 12 nitrogen and oxygen atoms in total. The zero-order chi connectivity index (χ0) is 31.2. The molecule has 42 heavy (non-hydrogen) atoms. The van der Waals surface area contributed by atoms with E-state index in [0.717, 1.165) is 31.6 Å². The largest absolute Gasteiger partial charge is 0.547 e. The molecule has 1 aliphatic heterocycles. The van der Waals surface area contributed by atoms with Crippen LogP contribution >= 0.6 is 0 Å². The van der Waals surface area contributed by atoms with Crippen molar-refractivity contribution in [2.24, 2.45) is 0 Å². The van der Waals surface area contributed by atoms with Gasteiger partial charge in [-0.3, -0.25) is 14.4 Å². The van der Waals surface area contributed by atoms with Gasteiger partial charge in [0, 0.05) is 25.7 Å². The van der Waals surface area contributed by atoms with Gasteiger partial charge in [-0.2, -0.15) is 0 Å². The monoisotopic (exact) mass is 586 g/mol. The third-order valence-corrected chi connectivity index (χ3v) is 7.13. The number of hydrogen-bond acceptors (Lipinski definition) is 8. The fourth-order valence-corrected chi connectivity index (χ4v) is 4.76. The van der Waals surface area contributed by atoms with Gasteiger partial charge in [-0.1, -0.05) is 60.7 Å². The minimum Gasteiger partial charge on any atom is -0.547 e. The summed E-state index contributed by atoms with van der Waals surface area (Å²) in [6.45, 7) is 2.73. The molecule has 0 bridgehead atoms. The molecule has 0 atom stereocenters. The lowest BCUT2D eigenvalue weighted by Gasteiger charge is -2.38. The van der Waals surface area contributed by atoms with Crippen LogP contribution in [0.4, 0.5) is 0 Å². The van der Waals surface area contributed by atoms with E-state index >= 15 is 0 Å². The third-order valence-electron chi connectivity index (χ3n) is 7.13. The van der Waals surface area contributed by atoms with E-state index in [-0.39, 0.29) is 11.9 Å². The maximum Gasteiger partial charge on any atom is 0.332 e. The lowest BCUT2D eigenvalue weighted by atomic mass is 9.87. The Bertz CT molecular complexity index is 1180. The number of quaternary nitrogens is 1. The van der Waals surface area contributed by atoms with Gasteiger partial charge in [-0.15, -0.1) is 0 Å². The molecule has 3 rings (SSSR count). The number of ether oxygens (including phenoxy) is 1. The summed E-state index contributed by atoms with van der Waals surface area (Å²) in [6, 6.07) is 20.4. The maximum atomic E-state index is 12.6. The number of nitrogens with one attached hydrogen (secondary N) is 2. The van der Waals surface area contributed by atoms with Crippen molar-refractivity contribution in [3.8, 4) is 0 Å². The highest BCUT2D eigenvalue weighted by atomic mass is 16.5. The van der Waals surface area contributed by atoms with Gasteiger partial charge in [0.25, 0.3) is 0 Å². The van der Waals surface area contributed by atoms with Crippen LogP contribution in [-0.4, -0.2) is 83.0 Å². The van der Waals surface area contributed by atoms with Crippen LogP contribution in [0.2, 0.25) is 0 Å². The Kier molecular flexibility index (Phi) is 13.1. The number of hydrogen-bond donors (Lipinski definition) is 5. The lowest BCUT2D eigenvalue weighted by molar-refractivity contribution is -0.905. The number of methoxy groups -OCH3 is 1. The number of likely N-dealkylation sites (tertiary alicyclic amines) is 1. The van der Waals surface area contributed by atoms with Crippen molar-refractivity contribution in [2.75, 3.05) is 26.7 Å². The molecule has 1 amide bonds. The van der Waals surface area contributed by atoms with Crippen molar-refractivity contribution in [1.82, 2.24) is 5.32 Å². The molecule has 0 spiro atoms. The van der Waals surface area contributed by atoms with Gasteiger partial charge in [-0.05, 0) is 17.5 Å². The number of aliphatic hydroxyl groups is 1. The minimum absolute atomic E-state index is 0.0908. The molecule has 12 heteroatoms. The van der Waals surface area contributed by atoms with E-state index in [0.29, 0.717) is 25.7 Å². The summed E-state index contributed by atoms with van der Waals surface area (Å²) in [5, 5.41) is 38.6. The second-order valence-corrected chi connectivity index (χ2v) is 10.3. The van der Waals surface area contributed by atoms with Crippen LogP contribution in [0.15, 0.2) is 60.7 Å². The maximum absolute atomic E-state index is 12.6. The molecule has 0 saturated carbocycles. The second-order valence-electron chi connectivity index (χ2n) is 10.3. The van der Waals surface area contributed by atoms with E-state index in [1.54, 1.807) is 0 Å². The van der Waals surface area contributed by atoms with Gasteiger partial charge in [0.2, 0.25) is 5.91 Å². The first-order valence-electron chi connectivity index (χ1n) is 13.6. The van der Waals surface area contributed by atoms with Gasteiger partial charge in [0.15, 0.2) is 0 Å². The minimum atomic E-state index is -2.85. The van der Waals surface area contributed by atoms with E-state index in [4.69, 9.17) is 20.1 Å². The molecular weight excluding hydrogens is 548 g/mol. The van der Waals surface area contributed by atoms with Gasteiger partial charge in [0.1, 0.15) is 11.1 Å². The Balaban J connectivity index is 0.000000401. The molecular formula is C30H38N2O10. The highest BCUT2D eigenvalue weighted by molar-refractivity contribution is 5.88. The highest BCUT2D eigenvalue weighted by Gasteiger charge is 2.45. The number of carboxylic acids is 3. The Hall–Kier alpha value is -4.29.